The van der Waals surface area contributed by atoms with Crippen molar-refractivity contribution in [1.82, 2.24) is 5.32 Å². The Morgan fingerprint density at radius 2 is 2.20 bits per heavy atom. The van der Waals surface area contributed by atoms with E-state index in [4.69, 9.17) is 16.3 Å². The molecule has 0 spiro atoms. The predicted molar refractivity (Wildman–Crippen MR) is 61.1 cm³/mol. The van der Waals surface area contributed by atoms with Gasteiger partial charge in [-0.2, -0.15) is 0 Å². The number of nitrogens with one attached hydrogen (secondary N) is 1. The molecule has 0 aliphatic carbocycles. The molecule has 3 nitrogen and oxygen atoms in total. The van der Waals surface area contributed by atoms with Crippen molar-refractivity contribution in [3.63, 3.8) is 0 Å². The molecule has 0 aromatic carbocycles. The molecule has 88 valence electrons. The van der Waals surface area contributed by atoms with Crippen molar-refractivity contribution in [2.45, 2.75) is 38.6 Å². The van der Waals surface area contributed by atoms with Crippen LogP contribution in [0.5, 0.6) is 0 Å². The number of halogens is 1. The van der Waals surface area contributed by atoms with Crippen LogP contribution in [0.25, 0.3) is 0 Å². The van der Waals surface area contributed by atoms with Gasteiger partial charge in [-0.25, -0.2) is 0 Å². The molecule has 1 heterocycles. The van der Waals surface area contributed by atoms with Crippen LogP contribution < -0.4 is 5.32 Å². The van der Waals surface area contributed by atoms with Crippen LogP contribution in [0, 0.1) is 5.92 Å². The van der Waals surface area contributed by atoms with Gasteiger partial charge in [-0.05, 0) is 32.6 Å². The molecular weight excluding hydrogens is 214 g/mol. The van der Waals surface area contributed by atoms with Crippen molar-refractivity contribution in [3.05, 3.63) is 0 Å². The minimum absolute atomic E-state index is 0.150. The lowest BCUT2D eigenvalue weighted by Crippen LogP contribution is -2.39. The van der Waals surface area contributed by atoms with E-state index in [1.54, 1.807) is 0 Å². The molecule has 0 radical (unpaired) electrons. The normalized spacial score (nSPS) is 19.9. The van der Waals surface area contributed by atoms with Crippen molar-refractivity contribution in [2.75, 3.05) is 19.1 Å². The first-order valence-electron chi connectivity index (χ1n) is 5.68. The van der Waals surface area contributed by atoms with Gasteiger partial charge in [-0.15, -0.1) is 11.6 Å². The van der Waals surface area contributed by atoms with Crippen molar-refractivity contribution >= 4 is 17.5 Å². The van der Waals surface area contributed by atoms with Gasteiger partial charge in [-0.3, -0.25) is 4.79 Å². The van der Waals surface area contributed by atoms with Crippen molar-refractivity contribution < 1.29 is 9.53 Å². The fourth-order valence-electron chi connectivity index (χ4n) is 1.78. The second-order valence-corrected chi connectivity index (χ2v) is 4.51. The van der Waals surface area contributed by atoms with E-state index in [9.17, 15) is 4.79 Å². The van der Waals surface area contributed by atoms with E-state index < -0.39 is 0 Å². The third-order valence-corrected chi connectivity index (χ3v) is 3.02. The van der Waals surface area contributed by atoms with Gasteiger partial charge in [-0.1, -0.05) is 0 Å². The van der Waals surface area contributed by atoms with E-state index in [1.807, 2.05) is 6.92 Å². The first-order chi connectivity index (χ1) is 7.24. The van der Waals surface area contributed by atoms with E-state index in [0.717, 1.165) is 25.7 Å². The Bertz CT molecular complexity index is 193. The Hall–Kier alpha value is -0.280. The lowest BCUT2D eigenvalue weighted by molar-refractivity contribution is -0.128. The maximum atomic E-state index is 11.8. The lowest BCUT2D eigenvalue weighted by Gasteiger charge is -2.23. The summed E-state index contributed by atoms with van der Waals surface area (Å²) in [7, 11) is 0. The summed E-state index contributed by atoms with van der Waals surface area (Å²) in [5, 5.41) is 3.03. The van der Waals surface area contributed by atoms with Gasteiger partial charge in [0.1, 0.15) is 0 Å². The summed E-state index contributed by atoms with van der Waals surface area (Å²) in [6.07, 6.45) is 3.62. The highest BCUT2D eigenvalue weighted by atomic mass is 35.5. The maximum absolute atomic E-state index is 11.8. The third-order valence-electron chi connectivity index (χ3n) is 2.75. The van der Waals surface area contributed by atoms with Crippen LogP contribution in [0.2, 0.25) is 0 Å². The van der Waals surface area contributed by atoms with Gasteiger partial charge in [0.2, 0.25) is 5.91 Å². The monoisotopic (exact) mass is 233 g/mol. The summed E-state index contributed by atoms with van der Waals surface area (Å²) in [4.78, 5) is 11.8. The van der Waals surface area contributed by atoms with E-state index in [0.29, 0.717) is 19.1 Å². The number of hydrogen-bond donors (Lipinski definition) is 1. The molecule has 1 rings (SSSR count). The van der Waals surface area contributed by atoms with Crippen molar-refractivity contribution in [3.8, 4) is 0 Å². The number of carbonyl (C=O) groups excluding carboxylic acids is 1. The minimum Gasteiger partial charge on any atom is -0.381 e. The standard InChI is InChI=1S/C11H20ClNO2/c1-9(3-2-6-12)13-11(14)10-4-7-15-8-5-10/h9-10H,2-8H2,1H3,(H,13,14). The maximum Gasteiger partial charge on any atom is 0.223 e. The molecular formula is C11H20ClNO2. The molecule has 1 fully saturated rings. The summed E-state index contributed by atoms with van der Waals surface area (Å²) in [6.45, 7) is 3.46. The molecule has 1 unspecified atom stereocenters. The topological polar surface area (TPSA) is 38.3 Å². The van der Waals surface area contributed by atoms with Crippen LogP contribution >= 0.6 is 11.6 Å². The Kier molecular flexibility index (Phi) is 6.03. The number of amides is 1. The zero-order valence-corrected chi connectivity index (χ0v) is 10.1. The third kappa shape index (κ3) is 4.85. The summed E-state index contributed by atoms with van der Waals surface area (Å²) in [5.74, 6) is 0.995. The SMILES string of the molecule is CC(CCCCl)NC(=O)C1CCOCC1. The molecule has 0 saturated carbocycles. The average Bonchev–Trinajstić information content (AvgIpc) is 2.27. The summed E-state index contributed by atoms with van der Waals surface area (Å²) in [6, 6.07) is 0.235. The molecule has 0 aromatic heterocycles. The van der Waals surface area contributed by atoms with Crippen LogP contribution in [0.15, 0.2) is 0 Å². The number of ether oxygens (including phenoxy) is 1. The minimum atomic E-state index is 0.150. The average molecular weight is 234 g/mol. The molecule has 1 aliphatic heterocycles. The zero-order valence-electron chi connectivity index (χ0n) is 9.30. The molecule has 15 heavy (non-hydrogen) atoms. The molecule has 0 bridgehead atoms. The predicted octanol–water partition coefficient (Wildman–Crippen LogP) is 1.94. The fourth-order valence-corrected chi connectivity index (χ4v) is 1.93. The van der Waals surface area contributed by atoms with Crippen LogP contribution in [0.1, 0.15) is 32.6 Å². The van der Waals surface area contributed by atoms with Crippen molar-refractivity contribution in [1.29, 1.82) is 0 Å². The van der Waals surface area contributed by atoms with Crippen LogP contribution in [-0.2, 0) is 9.53 Å². The molecule has 1 amide bonds. The largest absolute Gasteiger partial charge is 0.381 e. The summed E-state index contributed by atoms with van der Waals surface area (Å²) < 4.78 is 5.22. The highest BCUT2D eigenvalue weighted by Gasteiger charge is 2.22. The van der Waals surface area contributed by atoms with E-state index in [2.05, 4.69) is 5.32 Å². The Morgan fingerprint density at radius 3 is 2.80 bits per heavy atom. The van der Waals surface area contributed by atoms with Gasteiger partial charge in [0.25, 0.3) is 0 Å². The van der Waals surface area contributed by atoms with Crippen LogP contribution in [-0.4, -0.2) is 31.0 Å². The molecule has 1 aliphatic rings. The summed E-state index contributed by atoms with van der Waals surface area (Å²) >= 11 is 5.60. The quantitative estimate of drug-likeness (QED) is 0.737. The van der Waals surface area contributed by atoms with Crippen LogP contribution in [0.4, 0.5) is 0 Å². The van der Waals surface area contributed by atoms with E-state index >= 15 is 0 Å². The first kappa shape index (κ1) is 12.8. The highest BCUT2D eigenvalue weighted by Crippen LogP contribution is 2.15. The van der Waals surface area contributed by atoms with Crippen molar-refractivity contribution in [2.24, 2.45) is 5.92 Å². The number of hydrogen-bond acceptors (Lipinski definition) is 2. The second-order valence-electron chi connectivity index (χ2n) is 4.13. The molecule has 4 heteroatoms. The van der Waals surface area contributed by atoms with Gasteiger partial charge >= 0.3 is 0 Å². The summed E-state index contributed by atoms with van der Waals surface area (Å²) in [5.41, 5.74) is 0. The molecule has 0 aromatic rings. The van der Waals surface area contributed by atoms with Gasteiger partial charge < -0.3 is 10.1 Å². The molecule has 1 saturated heterocycles. The second kappa shape index (κ2) is 7.07. The Morgan fingerprint density at radius 1 is 1.53 bits per heavy atom. The fraction of sp³-hybridized carbons (Fsp3) is 0.909. The van der Waals surface area contributed by atoms with Gasteiger partial charge in [0.05, 0.1) is 0 Å². The van der Waals surface area contributed by atoms with Gasteiger partial charge in [0, 0.05) is 31.1 Å². The first-order valence-corrected chi connectivity index (χ1v) is 6.21. The number of carbonyl (C=O) groups is 1. The highest BCUT2D eigenvalue weighted by molar-refractivity contribution is 6.17. The van der Waals surface area contributed by atoms with Crippen LogP contribution in [0.3, 0.4) is 0 Å². The Labute approximate surface area is 96.5 Å². The van der Waals surface area contributed by atoms with E-state index in [-0.39, 0.29) is 17.9 Å². The van der Waals surface area contributed by atoms with E-state index in [1.165, 1.54) is 0 Å². The van der Waals surface area contributed by atoms with Gasteiger partial charge in [0.15, 0.2) is 0 Å². The number of rotatable bonds is 5. The smallest absolute Gasteiger partial charge is 0.223 e. The Balaban J connectivity index is 2.21. The molecule has 1 N–H and O–H groups in total. The number of alkyl halides is 1. The molecule has 1 atom stereocenters. The zero-order chi connectivity index (χ0) is 11.1. The lowest BCUT2D eigenvalue weighted by atomic mass is 9.99.